The lowest BCUT2D eigenvalue weighted by Gasteiger charge is -2.31. The summed E-state index contributed by atoms with van der Waals surface area (Å²) in [5, 5.41) is 9.64. The number of carbonyl (C=O) groups is 3. The van der Waals surface area contributed by atoms with Crippen LogP contribution in [0.25, 0.3) is 0 Å². The van der Waals surface area contributed by atoms with Crippen LogP contribution >= 0.6 is 0 Å². The molecule has 0 bridgehead atoms. The van der Waals surface area contributed by atoms with E-state index in [2.05, 4.69) is 0 Å². The number of carboxylic acid groups (broad SMARTS) is 1. The highest BCUT2D eigenvalue weighted by Gasteiger charge is 2.38. The number of aliphatic carboxylic acids is 1. The zero-order chi connectivity index (χ0) is 21.5. The molecule has 11 N–H and O–H groups in total. The molecule has 10 heteroatoms. The van der Waals surface area contributed by atoms with Crippen molar-refractivity contribution in [1.29, 1.82) is 0 Å². The summed E-state index contributed by atoms with van der Waals surface area (Å²) in [7, 11) is 0. The van der Waals surface area contributed by atoms with E-state index < -0.39 is 35.9 Å². The van der Waals surface area contributed by atoms with E-state index in [0.29, 0.717) is 71.0 Å². The first kappa shape index (κ1) is 26.4. The maximum Gasteiger partial charge on any atom is 0.326 e. The van der Waals surface area contributed by atoms with Crippen molar-refractivity contribution in [2.45, 2.75) is 75.9 Å². The Balaban J connectivity index is 5.43. The van der Waals surface area contributed by atoms with Gasteiger partial charge in [0.1, 0.15) is 6.04 Å². The molecule has 0 aromatic carbocycles. The van der Waals surface area contributed by atoms with E-state index >= 15 is 0 Å². The van der Waals surface area contributed by atoms with Gasteiger partial charge in [-0.15, -0.1) is 0 Å². The number of hydrogen-bond donors (Lipinski definition) is 6. The topological polar surface area (TPSA) is 205 Å². The van der Waals surface area contributed by atoms with Gasteiger partial charge in [-0.25, -0.2) is 4.79 Å². The number of carboxylic acids is 1. The summed E-state index contributed by atoms with van der Waals surface area (Å²) in [5.74, 6) is -2.69. The summed E-state index contributed by atoms with van der Waals surface area (Å²) in [4.78, 5) is 38.3. The average molecular weight is 403 g/mol. The third kappa shape index (κ3) is 9.56. The van der Waals surface area contributed by atoms with E-state index in [9.17, 15) is 19.5 Å². The first-order valence-corrected chi connectivity index (χ1v) is 10.0. The van der Waals surface area contributed by atoms with Crippen LogP contribution in [0.1, 0.15) is 57.8 Å². The Morgan fingerprint density at radius 2 is 1.04 bits per heavy atom. The van der Waals surface area contributed by atoms with Crippen molar-refractivity contribution >= 4 is 17.8 Å². The van der Waals surface area contributed by atoms with Gasteiger partial charge in [-0.05, 0) is 64.6 Å². The number of imide groups is 1. The van der Waals surface area contributed by atoms with E-state index in [-0.39, 0.29) is 6.42 Å². The van der Waals surface area contributed by atoms with E-state index in [1.165, 1.54) is 0 Å². The number of carbonyl (C=O) groups excluding carboxylic acids is 2. The van der Waals surface area contributed by atoms with E-state index in [1.54, 1.807) is 0 Å². The summed E-state index contributed by atoms with van der Waals surface area (Å²) < 4.78 is 0. The molecule has 0 saturated carbocycles. The minimum absolute atomic E-state index is 0.106. The van der Waals surface area contributed by atoms with Gasteiger partial charge in [0.2, 0.25) is 11.8 Å². The van der Waals surface area contributed by atoms with Crippen LogP contribution in [0, 0.1) is 0 Å². The molecule has 0 unspecified atom stereocenters. The van der Waals surface area contributed by atoms with E-state index in [0.717, 1.165) is 4.90 Å². The van der Waals surface area contributed by atoms with Crippen molar-refractivity contribution in [3.63, 3.8) is 0 Å². The Morgan fingerprint density at radius 1 is 0.679 bits per heavy atom. The molecular weight excluding hydrogens is 364 g/mol. The molecule has 0 saturated heterocycles. The van der Waals surface area contributed by atoms with Crippen LogP contribution in [0.2, 0.25) is 0 Å². The molecular formula is C18H38N6O4. The zero-order valence-electron chi connectivity index (χ0n) is 16.7. The molecule has 0 fully saturated rings. The minimum atomic E-state index is -1.31. The smallest absolute Gasteiger partial charge is 0.326 e. The molecule has 0 aliphatic heterocycles. The molecule has 28 heavy (non-hydrogen) atoms. The lowest BCUT2D eigenvalue weighted by molar-refractivity contribution is -0.159. The molecule has 0 aromatic rings. The van der Waals surface area contributed by atoms with Gasteiger partial charge in [0.15, 0.2) is 0 Å². The highest BCUT2D eigenvalue weighted by Crippen LogP contribution is 2.16. The van der Waals surface area contributed by atoms with E-state index in [1.807, 2.05) is 0 Å². The number of rotatable bonds is 16. The second kappa shape index (κ2) is 15.3. The fourth-order valence-electron chi connectivity index (χ4n) is 2.88. The number of amides is 2. The standard InChI is InChI=1S/C18H38N6O4/c19-10-4-1-7-13(22)16(25)24(15(18(27)28)9-3-6-12-21)17(26)14(23)8-2-5-11-20/h13-15H,1-12,19-23H2,(H,27,28)/t13-,14-,15-/m0/s1. The Labute approximate surface area is 167 Å². The van der Waals surface area contributed by atoms with Gasteiger partial charge in [-0.3, -0.25) is 14.5 Å². The molecule has 0 aromatic heterocycles. The Morgan fingerprint density at radius 3 is 1.36 bits per heavy atom. The van der Waals surface area contributed by atoms with Crippen LogP contribution in [0.5, 0.6) is 0 Å². The average Bonchev–Trinajstić information content (AvgIpc) is 2.66. The molecule has 10 nitrogen and oxygen atoms in total. The largest absolute Gasteiger partial charge is 0.480 e. The molecule has 0 spiro atoms. The van der Waals surface area contributed by atoms with E-state index in [4.69, 9.17) is 28.7 Å². The van der Waals surface area contributed by atoms with Crippen molar-refractivity contribution in [3.8, 4) is 0 Å². The third-order valence-corrected chi connectivity index (χ3v) is 4.58. The monoisotopic (exact) mass is 402 g/mol. The molecule has 0 heterocycles. The van der Waals surface area contributed by atoms with Crippen LogP contribution in [0.4, 0.5) is 0 Å². The van der Waals surface area contributed by atoms with Gasteiger partial charge < -0.3 is 33.8 Å². The summed E-state index contributed by atoms with van der Waals surface area (Å²) >= 11 is 0. The number of nitrogens with two attached hydrogens (primary N) is 5. The highest BCUT2D eigenvalue weighted by molar-refractivity contribution is 6.03. The van der Waals surface area contributed by atoms with Crippen LogP contribution < -0.4 is 28.7 Å². The number of nitrogens with zero attached hydrogens (tertiary/aromatic N) is 1. The van der Waals surface area contributed by atoms with Gasteiger partial charge in [0.05, 0.1) is 12.1 Å². The van der Waals surface area contributed by atoms with Gasteiger partial charge in [-0.1, -0.05) is 12.8 Å². The lowest BCUT2D eigenvalue weighted by atomic mass is 10.0. The predicted octanol–water partition coefficient (Wildman–Crippen LogP) is -1.16. The first-order chi connectivity index (χ1) is 13.3. The predicted molar refractivity (Wildman–Crippen MR) is 108 cm³/mol. The molecule has 3 atom stereocenters. The van der Waals surface area contributed by atoms with Crippen LogP contribution in [0.15, 0.2) is 0 Å². The van der Waals surface area contributed by atoms with Gasteiger partial charge >= 0.3 is 5.97 Å². The van der Waals surface area contributed by atoms with Crippen LogP contribution in [-0.2, 0) is 14.4 Å². The van der Waals surface area contributed by atoms with Crippen molar-refractivity contribution in [2.75, 3.05) is 19.6 Å². The number of hydrogen-bond acceptors (Lipinski definition) is 8. The van der Waals surface area contributed by atoms with Crippen LogP contribution in [-0.4, -0.2) is 65.5 Å². The van der Waals surface area contributed by atoms with Crippen LogP contribution in [0.3, 0.4) is 0 Å². The second-order valence-corrected chi connectivity index (χ2v) is 6.97. The fourth-order valence-corrected chi connectivity index (χ4v) is 2.88. The maximum atomic E-state index is 12.9. The number of unbranched alkanes of at least 4 members (excludes halogenated alkanes) is 3. The molecule has 0 aliphatic rings. The molecule has 0 aliphatic carbocycles. The third-order valence-electron chi connectivity index (χ3n) is 4.58. The molecule has 2 amide bonds. The summed E-state index contributed by atoms with van der Waals surface area (Å²) in [5.41, 5.74) is 28.3. The molecule has 0 radical (unpaired) electrons. The van der Waals surface area contributed by atoms with Gasteiger partial charge in [-0.2, -0.15) is 0 Å². The quantitative estimate of drug-likeness (QED) is 0.172. The Hall–Kier alpha value is -1.59. The Bertz CT molecular complexity index is 449. The molecule has 164 valence electrons. The maximum absolute atomic E-state index is 12.9. The van der Waals surface area contributed by atoms with Gasteiger partial charge in [0.25, 0.3) is 0 Å². The summed E-state index contributed by atoms with van der Waals surface area (Å²) in [6.45, 7) is 1.32. The second-order valence-electron chi connectivity index (χ2n) is 6.97. The van der Waals surface area contributed by atoms with Crippen molar-refractivity contribution in [1.82, 2.24) is 4.90 Å². The SMILES string of the molecule is NCCCC[C@H](N)C(=O)N(C(=O)[C@@H](N)CCCCN)[C@@H](CCCCN)C(=O)O. The first-order valence-electron chi connectivity index (χ1n) is 10.0. The van der Waals surface area contributed by atoms with Crippen molar-refractivity contribution in [2.24, 2.45) is 28.7 Å². The van der Waals surface area contributed by atoms with Crippen molar-refractivity contribution < 1.29 is 19.5 Å². The fraction of sp³-hybridized carbons (Fsp3) is 0.833. The lowest BCUT2D eigenvalue weighted by Crippen LogP contribution is -2.58. The molecule has 0 rings (SSSR count). The summed E-state index contributed by atoms with van der Waals surface area (Å²) in [6, 6.07) is -3.28. The van der Waals surface area contributed by atoms with Crippen molar-refractivity contribution in [3.05, 3.63) is 0 Å². The Kier molecular flexibility index (Phi) is 14.5. The zero-order valence-corrected chi connectivity index (χ0v) is 16.7. The van der Waals surface area contributed by atoms with Gasteiger partial charge in [0, 0.05) is 0 Å². The normalized spacial score (nSPS) is 14.3. The summed E-state index contributed by atoms with van der Waals surface area (Å²) in [6.07, 6.45) is 4.39. The highest BCUT2D eigenvalue weighted by atomic mass is 16.4. The minimum Gasteiger partial charge on any atom is -0.480 e.